The average molecular weight is 379 g/mol. The van der Waals surface area contributed by atoms with Gasteiger partial charge in [0.15, 0.2) is 0 Å². The van der Waals surface area contributed by atoms with Gasteiger partial charge in [0, 0.05) is 18.0 Å². The Labute approximate surface area is 153 Å². The molecule has 0 aliphatic rings. The number of carbonyl (C=O) groups is 2. The highest BCUT2D eigenvalue weighted by Crippen LogP contribution is 2.26. The van der Waals surface area contributed by atoms with Gasteiger partial charge in [-0.25, -0.2) is 9.18 Å². The zero-order chi connectivity index (χ0) is 19.3. The molecule has 0 bridgehead atoms. The highest BCUT2D eigenvalue weighted by Gasteiger charge is 2.18. The van der Waals surface area contributed by atoms with Crippen LogP contribution in [0.1, 0.15) is 16.8 Å². The summed E-state index contributed by atoms with van der Waals surface area (Å²) >= 11 is 1.39. The number of rotatable bonds is 7. The van der Waals surface area contributed by atoms with Gasteiger partial charge in [-0.2, -0.15) is 0 Å². The Morgan fingerprint density at radius 2 is 2.04 bits per heavy atom. The van der Waals surface area contributed by atoms with Crippen molar-refractivity contribution in [1.29, 1.82) is 0 Å². The summed E-state index contributed by atoms with van der Waals surface area (Å²) in [6, 6.07) is 7.05. The molecule has 2 aromatic rings. The molecule has 138 valence electrons. The molecule has 0 radical (unpaired) electrons. The molecule has 0 saturated heterocycles. The molecule has 0 atom stereocenters. The first-order valence-electron chi connectivity index (χ1n) is 7.59. The number of anilines is 2. The van der Waals surface area contributed by atoms with Gasteiger partial charge in [0.25, 0.3) is 5.56 Å². The lowest BCUT2D eigenvalue weighted by Crippen LogP contribution is -2.23. The molecule has 7 nitrogen and oxygen atoms in total. The summed E-state index contributed by atoms with van der Waals surface area (Å²) in [7, 11) is 1.44. The number of halogens is 1. The minimum absolute atomic E-state index is 0.0323. The zero-order valence-electron chi connectivity index (χ0n) is 14.2. The highest BCUT2D eigenvalue weighted by molar-refractivity contribution is 7.98. The SMILES string of the molecule is CSc1ccc(Nc2c(C(=O)OCCC(N)=O)ccc(=O)n2C)c(F)c1. The Kier molecular flexibility index (Phi) is 6.40. The molecule has 1 amide bonds. The van der Waals surface area contributed by atoms with Crippen molar-refractivity contribution in [3.05, 3.63) is 52.1 Å². The first-order valence-corrected chi connectivity index (χ1v) is 8.82. The maximum atomic E-state index is 14.2. The van der Waals surface area contributed by atoms with Crippen molar-refractivity contribution in [1.82, 2.24) is 4.57 Å². The Balaban J connectivity index is 2.34. The lowest BCUT2D eigenvalue weighted by molar-refractivity contribution is -0.118. The number of pyridine rings is 1. The number of ether oxygens (including phenoxy) is 1. The number of aromatic nitrogens is 1. The lowest BCUT2D eigenvalue weighted by Gasteiger charge is -2.16. The maximum absolute atomic E-state index is 14.2. The fourth-order valence-corrected chi connectivity index (χ4v) is 2.55. The quantitative estimate of drug-likeness (QED) is 0.564. The van der Waals surface area contributed by atoms with Crippen LogP contribution in [0, 0.1) is 5.82 Å². The summed E-state index contributed by atoms with van der Waals surface area (Å²) in [4.78, 5) is 35.6. The monoisotopic (exact) mass is 379 g/mol. The molecule has 0 saturated carbocycles. The van der Waals surface area contributed by atoms with Crippen LogP contribution in [0.4, 0.5) is 15.9 Å². The van der Waals surface area contributed by atoms with E-state index in [9.17, 15) is 18.8 Å². The van der Waals surface area contributed by atoms with Gasteiger partial charge in [-0.05, 0) is 30.5 Å². The first-order chi connectivity index (χ1) is 12.3. The van der Waals surface area contributed by atoms with Crippen LogP contribution in [-0.2, 0) is 16.6 Å². The smallest absolute Gasteiger partial charge is 0.341 e. The predicted octanol–water partition coefficient (Wildman–Crippen LogP) is 2.02. The number of nitrogens with zero attached hydrogens (tertiary/aromatic N) is 1. The highest BCUT2D eigenvalue weighted by atomic mass is 32.2. The molecule has 0 spiro atoms. The van der Waals surface area contributed by atoms with Crippen LogP contribution in [0.5, 0.6) is 0 Å². The van der Waals surface area contributed by atoms with Crippen molar-refractivity contribution in [3.63, 3.8) is 0 Å². The second-order valence-corrected chi connectivity index (χ2v) is 6.20. The Hall–Kier alpha value is -2.81. The second-order valence-electron chi connectivity index (χ2n) is 5.32. The van der Waals surface area contributed by atoms with E-state index in [1.165, 1.54) is 47.6 Å². The first kappa shape index (κ1) is 19.5. The molecule has 0 unspecified atom stereocenters. The van der Waals surface area contributed by atoms with Gasteiger partial charge in [-0.15, -0.1) is 11.8 Å². The molecule has 1 heterocycles. The lowest BCUT2D eigenvalue weighted by atomic mass is 10.2. The summed E-state index contributed by atoms with van der Waals surface area (Å²) < 4.78 is 20.4. The number of thioether (sulfide) groups is 1. The second kappa shape index (κ2) is 8.52. The molecular formula is C17H18FN3O4S. The Morgan fingerprint density at radius 1 is 1.31 bits per heavy atom. The van der Waals surface area contributed by atoms with E-state index >= 15 is 0 Å². The molecule has 3 N–H and O–H groups in total. The van der Waals surface area contributed by atoms with E-state index in [2.05, 4.69) is 5.32 Å². The number of esters is 1. The van der Waals surface area contributed by atoms with E-state index in [4.69, 9.17) is 10.5 Å². The van der Waals surface area contributed by atoms with Crippen LogP contribution < -0.4 is 16.6 Å². The van der Waals surface area contributed by atoms with Crippen molar-refractivity contribution in [2.24, 2.45) is 12.8 Å². The molecule has 0 fully saturated rings. The van der Waals surface area contributed by atoms with E-state index in [1.54, 1.807) is 6.07 Å². The van der Waals surface area contributed by atoms with E-state index in [0.717, 1.165) is 4.90 Å². The van der Waals surface area contributed by atoms with Crippen LogP contribution >= 0.6 is 11.8 Å². The van der Waals surface area contributed by atoms with Gasteiger partial charge in [-0.1, -0.05) is 0 Å². The number of nitrogens with one attached hydrogen (secondary N) is 1. The summed E-state index contributed by atoms with van der Waals surface area (Å²) in [5.41, 5.74) is 4.75. The number of primary amides is 1. The summed E-state index contributed by atoms with van der Waals surface area (Å²) in [6.07, 6.45) is 1.70. The Bertz CT molecular complexity index is 898. The summed E-state index contributed by atoms with van der Waals surface area (Å²) in [5.74, 6) is -1.81. The third kappa shape index (κ3) is 4.63. The van der Waals surface area contributed by atoms with Crippen molar-refractivity contribution >= 4 is 35.1 Å². The van der Waals surface area contributed by atoms with Crippen LogP contribution in [0.25, 0.3) is 0 Å². The molecular weight excluding hydrogens is 361 g/mol. The number of amides is 1. The fourth-order valence-electron chi connectivity index (χ4n) is 2.13. The van der Waals surface area contributed by atoms with Crippen LogP contribution in [0.2, 0.25) is 0 Å². The summed E-state index contributed by atoms with van der Waals surface area (Å²) in [5, 5.41) is 2.77. The third-order valence-corrected chi connectivity index (χ3v) is 4.27. The van der Waals surface area contributed by atoms with E-state index in [0.29, 0.717) is 0 Å². The zero-order valence-corrected chi connectivity index (χ0v) is 15.1. The van der Waals surface area contributed by atoms with Crippen molar-refractivity contribution in [2.75, 3.05) is 18.2 Å². The number of hydrogen-bond donors (Lipinski definition) is 2. The van der Waals surface area contributed by atoms with E-state index in [1.807, 2.05) is 6.26 Å². The largest absolute Gasteiger partial charge is 0.461 e. The van der Waals surface area contributed by atoms with Gasteiger partial charge < -0.3 is 15.8 Å². The molecule has 1 aromatic heterocycles. The fraction of sp³-hybridized carbons (Fsp3) is 0.235. The standard InChI is InChI=1S/C17H18FN3O4S/c1-21-15(23)6-4-11(17(24)25-8-7-14(19)22)16(21)20-13-5-3-10(26-2)9-12(13)18/h3-6,9,20H,7-8H2,1-2H3,(H2,19,22). The molecule has 1 aromatic carbocycles. The van der Waals surface area contributed by atoms with Gasteiger partial charge in [0.1, 0.15) is 23.8 Å². The predicted molar refractivity (Wildman–Crippen MR) is 97.2 cm³/mol. The molecule has 2 rings (SSSR count). The number of benzene rings is 1. The van der Waals surface area contributed by atoms with E-state index < -0.39 is 17.7 Å². The van der Waals surface area contributed by atoms with Crippen LogP contribution in [0.15, 0.2) is 40.0 Å². The van der Waals surface area contributed by atoms with Crippen LogP contribution in [0.3, 0.4) is 0 Å². The normalized spacial score (nSPS) is 10.4. The van der Waals surface area contributed by atoms with Crippen molar-refractivity contribution < 1.29 is 18.7 Å². The average Bonchev–Trinajstić information content (AvgIpc) is 2.60. The number of nitrogens with two attached hydrogens (primary N) is 1. The van der Waals surface area contributed by atoms with Gasteiger partial charge >= 0.3 is 5.97 Å². The van der Waals surface area contributed by atoms with Gasteiger partial charge in [-0.3, -0.25) is 14.2 Å². The van der Waals surface area contributed by atoms with Gasteiger partial charge in [0.05, 0.1) is 12.1 Å². The Morgan fingerprint density at radius 3 is 2.65 bits per heavy atom. The van der Waals surface area contributed by atoms with Crippen molar-refractivity contribution in [3.8, 4) is 0 Å². The van der Waals surface area contributed by atoms with E-state index in [-0.39, 0.29) is 35.7 Å². The summed E-state index contributed by atoms with van der Waals surface area (Å²) in [6.45, 7) is -0.187. The number of hydrogen-bond acceptors (Lipinski definition) is 6. The van der Waals surface area contributed by atoms with Gasteiger partial charge in [0.2, 0.25) is 5.91 Å². The third-order valence-electron chi connectivity index (χ3n) is 3.54. The molecule has 0 aliphatic heterocycles. The molecule has 0 aliphatic carbocycles. The van der Waals surface area contributed by atoms with Crippen molar-refractivity contribution in [2.45, 2.75) is 11.3 Å². The number of carbonyl (C=O) groups excluding carboxylic acids is 2. The maximum Gasteiger partial charge on any atom is 0.341 e. The topological polar surface area (TPSA) is 103 Å². The van der Waals surface area contributed by atoms with Crippen LogP contribution in [-0.4, -0.2) is 29.3 Å². The minimum atomic E-state index is -0.759. The minimum Gasteiger partial charge on any atom is -0.461 e. The molecule has 9 heteroatoms. The molecule has 26 heavy (non-hydrogen) atoms.